The fraction of sp³-hybridized carbons (Fsp3) is 0.389. The van der Waals surface area contributed by atoms with E-state index in [9.17, 15) is 0 Å². The van der Waals surface area contributed by atoms with Crippen LogP contribution in [0.25, 0.3) is 0 Å². The number of rotatable bonds is 10. The summed E-state index contributed by atoms with van der Waals surface area (Å²) >= 11 is 0. The first-order valence-electron chi connectivity index (χ1n) is 14.5. The van der Waals surface area contributed by atoms with Crippen LogP contribution in [0.2, 0.25) is 0 Å². The van der Waals surface area contributed by atoms with Gasteiger partial charge in [0.25, 0.3) is 0 Å². The molecule has 0 heterocycles. The Morgan fingerprint density at radius 1 is 0.465 bits per heavy atom. The van der Waals surface area contributed by atoms with Crippen LogP contribution in [0.4, 0.5) is 0 Å². The number of allylic oxidation sites excluding steroid dienone is 4. The molecule has 3 aromatic carbocycles. The third-order valence-electron chi connectivity index (χ3n) is 9.32. The summed E-state index contributed by atoms with van der Waals surface area (Å²) in [5.74, 6) is 4.84. The summed E-state index contributed by atoms with van der Waals surface area (Å²) < 4.78 is 36.8. The highest BCUT2D eigenvalue weighted by Crippen LogP contribution is 2.45. The molecule has 0 saturated carbocycles. The predicted octanol–water partition coefficient (Wildman–Crippen LogP) is 5.98. The van der Waals surface area contributed by atoms with Crippen molar-refractivity contribution in [1.82, 2.24) is 0 Å². The smallest absolute Gasteiger partial charge is 0.189 e. The van der Waals surface area contributed by atoms with Crippen LogP contribution < -0.4 is 44.0 Å². The highest BCUT2D eigenvalue weighted by molar-refractivity contribution is 7.17. The molecule has 0 bridgehead atoms. The molecule has 7 heteroatoms. The first-order chi connectivity index (χ1) is 20.5. The van der Waals surface area contributed by atoms with Gasteiger partial charge in [-0.3, -0.25) is 0 Å². The molecular formula is C36H46O6Si. The third-order valence-corrected chi connectivity index (χ3v) is 14.5. The van der Waals surface area contributed by atoms with Crippen LogP contribution in [0.15, 0.2) is 58.3 Å². The van der Waals surface area contributed by atoms with Gasteiger partial charge in [-0.25, -0.2) is 0 Å². The van der Waals surface area contributed by atoms with E-state index in [0.717, 1.165) is 66.7 Å². The van der Waals surface area contributed by atoms with Crippen molar-refractivity contribution in [2.45, 2.75) is 48.5 Å². The lowest BCUT2D eigenvalue weighted by atomic mass is 10.1. The highest BCUT2D eigenvalue weighted by atomic mass is 28.3. The summed E-state index contributed by atoms with van der Waals surface area (Å²) in [6.45, 7) is 15.2. The number of aryl methyl sites for hydroxylation is 3. The van der Waals surface area contributed by atoms with E-state index >= 15 is 0 Å². The summed E-state index contributed by atoms with van der Waals surface area (Å²) in [4.78, 5) is 0. The monoisotopic (exact) mass is 602 g/mol. The lowest BCUT2D eigenvalue weighted by Crippen LogP contribution is -2.70. The maximum Gasteiger partial charge on any atom is 0.189 e. The summed E-state index contributed by atoms with van der Waals surface area (Å²) in [5, 5.41) is 4.48. The van der Waals surface area contributed by atoms with Crippen molar-refractivity contribution in [1.29, 1.82) is 0 Å². The molecule has 1 unspecified atom stereocenters. The molecule has 6 nitrogen and oxygen atoms in total. The number of hydrogen-bond acceptors (Lipinski definition) is 6. The molecule has 3 aromatic rings. The Morgan fingerprint density at radius 3 is 1.02 bits per heavy atom. The van der Waals surface area contributed by atoms with Gasteiger partial charge in [-0.1, -0.05) is 23.3 Å². The second kappa shape index (κ2) is 12.4. The Kier molecular flexibility index (Phi) is 9.26. The molecule has 230 valence electrons. The molecule has 0 saturated heterocycles. The van der Waals surface area contributed by atoms with Crippen LogP contribution in [0.5, 0.6) is 34.5 Å². The Hall–Kier alpha value is -3.84. The largest absolute Gasteiger partial charge is 0.497 e. The second-order valence-corrected chi connectivity index (χ2v) is 15.0. The lowest BCUT2D eigenvalue weighted by molar-refractivity contribution is 0.401. The quantitative estimate of drug-likeness (QED) is 0.210. The molecule has 0 aromatic heterocycles. The topological polar surface area (TPSA) is 55.4 Å². The third kappa shape index (κ3) is 4.97. The zero-order valence-corrected chi connectivity index (χ0v) is 29.0. The SMILES string of the molecule is COc1cc(C)c(OC)c([Si](C2=C(C)C(C)=C(C)C2C)(c2cc(OC)cc(C)c2OC)c2cc(OC)cc(C)c2OC)c1. The van der Waals surface area contributed by atoms with E-state index in [0.29, 0.717) is 0 Å². The summed E-state index contributed by atoms with van der Waals surface area (Å²) in [6.07, 6.45) is 0. The Labute approximate surface area is 258 Å². The highest BCUT2D eigenvalue weighted by Gasteiger charge is 2.53. The molecule has 1 aliphatic rings. The first-order valence-corrected chi connectivity index (χ1v) is 16.5. The summed E-state index contributed by atoms with van der Waals surface area (Å²) in [7, 11) is 6.94. The van der Waals surface area contributed by atoms with Gasteiger partial charge in [0, 0.05) is 15.6 Å². The van der Waals surface area contributed by atoms with Gasteiger partial charge in [0.05, 0.1) is 42.7 Å². The zero-order chi connectivity index (χ0) is 31.8. The normalized spacial score (nSPS) is 15.1. The van der Waals surface area contributed by atoms with Gasteiger partial charge in [0.2, 0.25) is 0 Å². The van der Waals surface area contributed by atoms with Crippen LogP contribution in [0, 0.1) is 26.7 Å². The summed E-state index contributed by atoms with van der Waals surface area (Å²) in [6, 6.07) is 12.5. The van der Waals surface area contributed by atoms with Crippen molar-refractivity contribution in [3.05, 3.63) is 75.0 Å². The molecule has 1 aliphatic carbocycles. The van der Waals surface area contributed by atoms with Crippen LogP contribution in [-0.2, 0) is 0 Å². The predicted molar refractivity (Wildman–Crippen MR) is 178 cm³/mol. The first kappa shape index (κ1) is 32.1. The minimum absolute atomic E-state index is 0.135. The van der Waals surface area contributed by atoms with E-state index in [1.54, 1.807) is 42.7 Å². The van der Waals surface area contributed by atoms with Gasteiger partial charge in [-0.05, 0) is 106 Å². The van der Waals surface area contributed by atoms with Gasteiger partial charge in [-0.15, -0.1) is 0 Å². The van der Waals surface area contributed by atoms with Gasteiger partial charge < -0.3 is 28.4 Å². The van der Waals surface area contributed by atoms with Gasteiger partial charge >= 0.3 is 0 Å². The van der Waals surface area contributed by atoms with E-state index in [1.165, 1.54) is 21.9 Å². The molecule has 4 rings (SSSR count). The van der Waals surface area contributed by atoms with Crippen LogP contribution in [0.1, 0.15) is 44.4 Å². The molecule has 1 atom stereocenters. The van der Waals surface area contributed by atoms with Crippen molar-refractivity contribution in [3.8, 4) is 34.5 Å². The van der Waals surface area contributed by atoms with Gasteiger partial charge in [-0.2, -0.15) is 0 Å². The molecule has 0 spiro atoms. The average Bonchev–Trinajstić information content (AvgIpc) is 3.19. The number of hydrogen-bond donors (Lipinski definition) is 0. The van der Waals surface area contributed by atoms with Crippen molar-refractivity contribution < 1.29 is 28.4 Å². The van der Waals surface area contributed by atoms with Crippen LogP contribution >= 0.6 is 0 Å². The minimum atomic E-state index is -3.41. The average molecular weight is 603 g/mol. The molecule has 0 fully saturated rings. The molecular weight excluding hydrogens is 556 g/mol. The lowest BCUT2D eigenvalue weighted by Gasteiger charge is -2.41. The molecule has 0 N–H and O–H groups in total. The summed E-state index contributed by atoms with van der Waals surface area (Å²) in [5.41, 5.74) is 6.86. The van der Waals surface area contributed by atoms with E-state index in [-0.39, 0.29) is 5.92 Å². The van der Waals surface area contributed by atoms with Crippen molar-refractivity contribution >= 4 is 23.6 Å². The van der Waals surface area contributed by atoms with Crippen molar-refractivity contribution in [3.63, 3.8) is 0 Å². The number of methoxy groups -OCH3 is 6. The van der Waals surface area contributed by atoms with Crippen LogP contribution in [0.3, 0.4) is 0 Å². The Bertz CT molecular complexity index is 1470. The maximum atomic E-state index is 6.33. The van der Waals surface area contributed by atoms with Crippen molar-refractivity contribution in [2.75, 3.05) is 42.7 Å². The second-order valence-electron chi connectivity index (χ2n) is 11.4. The molecule has 0 radical (unpaired) electrons. The standard InChI is InChI=1S/C36H46O6Si/c1-20-14-27(37-8)17-30(33(20)40-11)43(36-25(6)23(4)24(5)26(36)7,31-18-28(38-9)15-21(2)34(31)41-12)32-19-29(39-10)16-22(3)35(32)42-13/h14-19,25H,1-13H3. The van der Waals surface area contributed by atoms with Crippen LogP contribution in [-0.4, -0.2) is 50.7 Å². The molecule has 0 amide bonds. The maximum absolute atomic E-state index is 6.33. The van der Waals surface area contributed by atoms with E-state index in [4.69, 9.17) is 28.4 Å². The number of benzene rings is 3. The Balaban J connectivity index is 2.49. The fourth-order valence-corrected chi connectivity index (χ4v) is 13.4. The number of ether oxygens (including phenoxy) is 6. The van der Waals surface area contributed by atoms with Gasteiger partial charge in [0.15, 0.2) is 8.07 Å². The van der Waals surface area contributed by atoms with E-state index in [1.807, 2.05) is 18.2 Å². The van der Waals surface area contributed by atoms with E-state index in [2.05, 4.69) is 66.7 Å². The van der Waals surface area contributed by atoms with Gasteiger partial charge in [0.1, 0.15) is 34.5 Å². The Morgan fingerprint density at radius 2 is 0.791 bits per heavy atom. The molecule has 0 aliphatic heterocycles. The molecule has 43 heavy (non-hydrogen) atoms. The van der Waals surface area contributed by atoms with Crippen molar-refractivity contribution in [2.24, 2.45) is 5.92 Å². The van der Waals surface area contributed by atoms with E-state index < -0.39 is 8.07 Å². The minimum Gasteiger partial charge on any atom is -0.497 e. The zero-order valence-electron chi connectivity index (χ0n) is 28.0. The fourth-order valence-electron chi connectivity index (χ4n) is 7.06.